The number of rotatable bonds is 11. The first-order chi connectivity index (χ1) is 20.4. The molecule has 1 aliphatic heterocycles. The Bertz CT molecular complexity index is 1240. The molecule has 1 fully saturated rings. The normalized spacial score (nSPS) is 19.2. The zero-order chi connectivity index (χ0) is 31.9. The van der Waals surface area contributed by atoms with Crippen molar-refractivity contribution in [1.82, 2.24) is 14.7 Å². The quantitative estimate of drug-likeness (QED) is 0.262. The van der Waals surface area contributed by atoms with Crippen LogP contribution in [0.5, 0.6) is 0 Å². The predicted octanol–water partition coefficient (Wildman–Crippen LogP) is 8.16. The van der Waals surface area contributed by atoms with E-state index in [1.54, 1.807) is 18.5 Å². The fourth-order valence-corrected chi connectivity index (χ4v) is 4.98. The van der Waals surface area contributed by atoms with Crippen LogP contribution in [0.15, 0.2) is 63.1 Å². The number of nitrogens with two attached hydrogens (primary N) is 1. The van der Waals surface area contributed by atoms with Crippen molar-refractivity contribution in [2.45, 2.75) is 98.6 Å². The third-order valence-corrected chi connectivity index (χ3v) is 7.67. The molecule has 9 heteroatoms. The van der Waals surface area contributed by atoms with E-state index in [1.165, 1.54) is 54.8 Å². The number of likely N-dealkylation sites (N-methyl/N-ethyl adjacent to an activating group) is 1. The van der Waals surface area contributed by atoms with Crippen molar-refractivity contribution in [2.24, 2.45) is 21.6 Å². The summed E-state index contributed by atoms with van der Waals surface area (Å²) in [5, 5.41) is 4.44. The van der Waals surface area contributed by atoms with Crippen molar-refractivity contribution >= 4 is 37.1 Å². The molecule has 2 aliphatic rings. The topological polar surface area (TPSA) is 92.1 Å². The Labute approximate surface area is 258 Å². The van der Waals surface area contributed by atoms with E-state index in [0.717, 1.165) is 29.1 Å². The molecular weight excluding hydrogens is 541 g/mol. The summed E-state index contributed by atoms with van der Waals surface area (Å²) in [7, 11) is 2.03. The molecule has 1 aromatic heterocycles. The highest BCUT2D eigenvalue weighted by molar-refractivity contribution is 5.90. The van der Waals surface area contributed by atoms with Gasteiger partial charge in [-0.05, 0) is 82.9 Å². The van der Waals surface area contributed by atoms with Crippen LogP contribution >= 0.6 is 0 Å². The van der Waals surface area contributed by atoms with Gasteiger partial charge in [-0.25, -0.2) is 13.9 Å². The molecule has 0 bridgehead atoms. The van der Waals surface area contributed by atoms with Gasteiger partial charge in [-0.1, -0.05) is 51.2 Å². The lowest BCUT2D eigenvalue weighted by molar-refractivity contribution is 0.253. The van der Waals surface area contributed by atoms with Crippen LogP contribution in [0.2, 0.25) is 0 Å². The van der Waals surface area contributed by atoms with Gasteiger partial charge < -0.3 is 10.6 Å². The van der Waals surface area contributed by atoms with Gasteiger partial charge in [0.1, 0.15) is 5.83 Å². The van der Waals surface area contributed by atoms with E-state index in [9.17, 15) is 9.18 Å². The number of primary amides is 1. The third-order valence-electron chi connectivity index (χ3n) is 7.67. The molecule has 0 radical (unpaired) electrons. The number of urea groups is 1. The highest BCUT2D eigenvalue weighted by Gasteiger charge is 2.18. The number of carbonyl (C=O) groups is 1. The summed E-state index contributed by atoms with van der Waals surface area (Å²) >= 11 is 0. The molecule has 43 heavy (non-hydrogen) atoms. The lowest BCUT2D eigenvalue weighted by atomic mass is 9.91. The van der Waals surface area contributed by atoms with Crippen LogP contribution in [-0.4, -0.2) is 59.3 Å². The van der Waals surface area contributed by atoms with Crippen molar-refractivity contribution in [3.63, 3.8) is 0 Å². The van der Waals surface area contributed by atoms with Crippen molar-refractivity contribution in [1.29, 1.82) is 0 Å². The molecule has 2 unspecified atom stereocenters. The summed E-state index contributed by atoms with van der Waals surface area (Å²) in [6.45, 7) is 15.6. The van der Waals surface area contributed by atoms with Crippen molar-refractivity contribution < 1.29 is 9.18 Å². The smallest absolute Gasteiger partial charge is 0.320 e. The van der Waals surface area contributed by atoms with E-state index < -0.39 is 11.9 Å². The molecule has 2 heterocycles. The summed E-state index contributed by atoms with van der Waals surface area (Å²) in [5.41, 5.74) is 9.41. The van der Waals surface area contributed by atoms with Gasteiger partial charge in [0.2, 0.25) is 0 Å². The van der Waals surface area contributed by atoms with Crippen LogP contribution in [0.3, 0.4) is 0 Å². The first-order valence-corrected chi connectivity index (χ1v) is 15.4. The van der Waals surface area contributed by atoms with Crippen LogP contribution in [0.4, 0.5) is 15.0 Å². The van der Waals surface area contributed by atoms with Gasteiger partial charge >= 0.3 is 6.03 Å². The maximum atomic E-state index is 13.8. The Kier molecular flexibility index (Phi) is 14.9. The Morgan fingerprint density at radius 2 is 1.95 bits per heavy atom. The summed E-state index contributed by atoms with van der Waals surface area (Å²) in [6, 6.07) is 1.44. The van der Waals surface area contributed by atoms with Crippen LogP contribution in [0, 0.1) is 5.92 Å². The van der Waals surface area contributed by atoms with Crippen LogP contribution in [0.25, 0.3) is 12.3 Å². The van der Waals surface area contributed by atoms with Gasteiger partial charge in [-0.15, -0.1) is 5.10 Å². The molecule has 0 saturated heterocycles. The van der Waals surface area contributed by atoms with E-state index in [0.29, 0.717) is 24.5 Å². The number of nitrogens with zero attached hydrogens (tertiary/aromatic N) is 6. The monoisotopic (exact) mass is 593 g/mol. The molecule has 3 rings (SSSR count). The molecule has 236 valence electrons. The maximum Gasteiger partial charge on any atom is 0.320 e. The summed E-state index contributed by atoms with van der Waals surface area (Å²) < 4.78 is 15.2. The maximum absolute atomic E-state index is 13.8. The van der Waals surface area contributed by atoms with Gasteiger partial charge in [-0.3, -0.25) is 14.9 Å². The number of hydrogen-bond donors (Lipinski definition) is 1. The third kappa shape index (κ3) is 12.6. The lowest BCUT2D eigenvalue weighted by Crippen LogP contribution is -2.37. The second-order valence-corrected chi connectivity index (χ2v) is 11.8. The number of aliphatic imine (C=N–C) groups is 2. The van der Waals surface area contributed by atoms with Crippen LogP contribution in [-0.2, 0) is 0 Å². The Morgan fingerprint density at radius 1 is 1.26 bits per heavy atom. The first-order valence-electron chi connectivity index (χ1n) is 15.4. The van der Waals surface area contributed by atoms with Crippen LogP contribution in [0.1, 0.15) is 92.2 Å². The molecule has 1 aromatic rings. The zero-order valence-corrected chi connectivity index (χ0v) is 27.3. The van der Waals surface area contributed by atoms with E-state index in [2.05, 4.69) is 52.8 Å². The Hall–Kier alpha value is -3.75. The van der Waals surface area contributed by atoms with Gasteiger partial charge in [-0.2, -0.15) is 0 Å². The molecule has 8 nitrogen and oxygen atoms in total. The summed E-state index contributed by atoms with van der Waals surface area (Å²) in [6.07, 6.45) is 21.6. The predicted molar refractivity (Wildman–Crippen MR) is 181 cm³/mol. The second-order valence-electron chi connectivity index (χ2n) is 11.8. The SMILES string of the molecule is C=N/C=C(/C)C=NC(C)CCCN(C(N)=O)c1cc(/C=C/C2=CC(C)N(C)C=C2C)n(/C=C(\C)F)n1.CC1CCCCC1. The lowest BCUT2D eigenvalue weighted by Gasteiger charge is -2.26. The molecule has 2 N–H and O–H groups in total. The molecule has 1 saturated carbocycles. The standard InChI is InChI=1S/C27H38FN7O.C7H14/c1-19(15-30-6)16-31-22(4)9-8-12-34(27(29)36)26-14-25(35(32-26)18-21(3)28)11-10-24-13-23(5)33(7)17-20(24)2;1-7-5-3-2-4-6-7/h10-11,13-18,22-23H,6,8-9,12H2,1-5,7H3,(H2,29,36);7H,2-6H2,1H3/b11-10+,19-15-,21-18+,31-16?;. The second kappa shape index (κ2) is 18.0. The number of allylic oxidation sites excluding steroid dienone is 5. The fourth-order valence-electron chi connectivity index (χ4n) is 4.98. The number of carbonyl (C=O) groups excluding carboxylic acids is 1. The molecule has 1 aliphatic carbocycles. The van der Waals surface area contributed by atoms with Gasteiger partial charge in [0, 0.05) is 50.4 Å². The largest absolute Gasteiger partial charge is 0.374 e. The van der Waals surface area contributed by atoms with Crippen LogP contribution < -0.4 is 10.6 Å². The van der Waals surface area contributed by atoms with E-state index >= 15 is 0 Å². The average molecular weight is 594 g/mol. The van der Waals surface area contributed by atoms with Crippen molar-refractivity contribution in [3.8, 4) is 0 Å². The minimum atomic E-state index is -0.617. The average Bonchev–Trinajstić information content (AvgIpc) is 3.33. The molecule has 2 atom stereocenters. The van der Waals surface area contributed by atoms with Gasteiger partial charge in [0.25, 0.3) is 0 Å². The van der Waals surface area contributed by atoms with E-state index in [1.807, 2.05) is 40.0 Å². The van der Waals surface area contributed by atoms with E-state index in [4.69, 9.17) is 5.73 Å². The van der Waals surface area contributed by atoms with Crippen molar-refractivity contribution in [2.75, 3.05) is 18.5 Å². The molecule has 0 spiro atoms. The summed E-state index contributed by atoms with van der Waals surface area (Å²) in [4.78, 5) is 24.0. The number of amides is 2. The number of anilines is 1. The first kappa shape index (κ1) is 35.4. The summed E-state index contributed by atoms with van der Waals surface area (Å²) in [5.74, 6) is 0.995. The zero-order valence-electron chi connectivity index (χ0n) is 27.3. The fraction of sp³-hybridized carbons (Fsp3) is 0.529. The minimum Gasteiger partial charge on any atom is -0.374 e. The number of hydrogen-bond acceptors (Lipinski definition) is 5. The van der Waals surface area contributed by atoms with E-state index in [-0.39, 0.29) is 12.1 Å². The van der Waals surface area contributed by atoms with Gasteiger partial charge in [0.15, 0.2) is 5.82 Å². The number of halogens is 1. The Balaban J connectivity index is 0.000000804. The minimum absolute atomic E-state index is 0.0579. The molecule has 0 aromatic carbocycles. The number of aromatic nitrogens is 2. The van der Waals surface area contributed by atoms with Crippen molar-refractivity contribution in [3.05, 3.63) is 58.9 Å². The highest BCUT2D eigenvalue weighted by atomic mass is 19.1. The highest BCUT2D eigenvalue weighted by Crippen LogP contribution is 2.24. The Morgan fingerprint density at radius 3 is 2.53 bits per heavy atom. The van der Waals surface area contributed by atoms with Gasteiger partial charge in [0.05, 0.1) is 11.9 Å². The molecule has 2 amide bonds. The molecular formula is C34H52FN7O.